The van der Waals surface area contributed by atoms with Gasteiger partial charge >= 0.3 is 0 Å². The van der Waals surface area contributed by atoms with Gasteiger partial charge in [-0.15, -0.1) is 0 Å². The molecule has 3 rings (SSSR count). The lowest BCUT2D eigenvalue weighted by atomic mass is 10.0. The average molecular weight is 339 g/mol. The van der Waals surface area contributed by atoms with Gasteiger partial charge < -0.3 is 10.3 Å². The summed E-state index contributed by atoms with van der Waals surface area (Å²) in [6.07, 6.45) is 4.86. The summed E-state index contributed by atoms with van der Waals surface area (Å²) in [5.41, 5.74) is 4.18. The summed E-state index contributed by atoms with van der Waals surface area (Å²) in [6.45, 7) is 6.23. The molecular weight excluding hydrogens is 314 g/mol. The Hall–Kier alpha value is -2.63. The number of hydrogen-bond acceptors (Lipinski definition) is 3. The molecule has 0 radical (unpaired) electrons. The molecule has 0 bridgehead atoms. The molecule has 6 nitrogen and oxygen atoms in total. The molecule has 0 saturated carbocycles. The summed E-state index contributed by atoms with van der Waals surface area (Å²) in [7, 11) is 1.88. The number of imidazole rings is 1. The molecule has 2 N–H and O–H groups in total. The Morgan fingerprint density at radius 3 is 2.84 bits per heavy atom. The molecule has 0 fully saturated rings. The van der Waals surface area contributed by atoms with Gasteiger partial charge in [-0.1, -0.05) is 19.9 Å². The van der Waals surface area contributed by atoms with E-state index in [0.717, 1.165) is 22.4 Å². The van der Waals surface area contributed by atoms with Gasteiger partial charge in [0.2, 0.25) is 5.91 Å². The van der Waals surface area contributed by atoms with E-state index < -0.39 is 0 Å². The van der Waals surface area contributed by atoms with E-state index in [0.29, 0.717) is 12.8 Å². The Labute approximate surface area is 147 Å². The number of fused-ring (bicyclic) bond motifs is 1. The summed E-state index contributed by atoms with van der Waals surface area (Å²) < 4.78 is 1.75. The molecule has 0 aliphatic rings. The number of aromatic amines is 1. The molecule has 0 aliphatic carbocycles. The summed E-state index contributed by atoms with van der Waals surface area (Å²) in [5.74, 6) is 1.08. The number of carbonyl (C=O) groups is 1. The van der Waals surface area contributed by atoms with Crippen LogP contribution in [0.3, 0.4) is 0 Å². The van der Waals surface area contributed by atoms with Crippen LogP contribution in [0.25, 0.3) is 11.0 Å². The average Bonchev–Trinajstić information content (AvgIpc) is 3.15. The first kappa shape index (κ1) is 17.2. The first-order valence-corrected chi connectivity index (χ1v) is 8.65. The molecule has 1 amide bonds. The molecule has 1 aromatic carbocycles. The van der Waals surface area contributed by atoms with E-state index in [1.807, 2.05) is 25.4 Å². The van der Waals surface area contributed by atoms with E-state index in [2.05, 4.69) is 47.2 Å². The second-order valence-corrected chi connectivity index (χ2v) is 6.95. The van der Waals surface area contributed by atoms with Crippen molar-refractivity contribution in [1.82, 2.24) is 25.1 Å². The second-order valence-electron chi connectivity index (χ2n) is 6.95. The highest BCUT2D eigenvalue weighted by molar-refractivity contribution is 5.78. The van der Waals surface area contributed by atoms with E-state index in [1.165, 1.54) is 5.56 Å². The number of aromatic nitrogens is 4. The monoisotopic (exact) mass is 339 g/mol. The van der Waals surface area contributed by atoms with Crippen LogP contribution in [0.4, 0.5) is 0 Å². The Bertz CT molecular complexity index is 877. The molecule has 2 heterocycles. The predicted octanol–water partition coefficient (Wildman–Crippen LogP) is 3.05. The smallest absolute Gasteiger partial charge is 0.220 e. The van der Waals surface area contributed by atoms with Gasteiger partial charge in [0.1, 0.15) is 5.82 Å². The number of benzene rings is 1. The Morgan fingerprint density at radius 2 is 2.16 bits per heavy atom. The van der Waals surface area contributed by atoms with Gasteiger partial charge in [-0.3, -0.25) is 9.48 Å². The van der Waals surface area contributed by atoms with Gasteiger partial charge in [0.25, 0.3) is 0 Å². The second kappa shape index (κ2) is 7.09. The van der Waals surface area contributed by atoms with Crippen LogP contribution < -0.4 is 5.32 Å². The largest absolute Gasteiger partial charge is 0.346 e. The molecule has 132 valence electrons. The van der Waals surface area contributed by atoms with Crippen LogP contribution in [-0.2, 0) is 18.3 Å². The van der Waals surface area contributed by atoms with Crippen LogP contribution in [0.5, 0.6) is 0 Å². The van der Waals surface area contributed by atoms with E-state index >= 15 is 0 Å². The Morgan fingerprint density at radius 1 is 1.36 bits per heavy atom. The fraction of sp³-hybridized carbons (Fsp3) is 0.421. The SMILES string of the molecule is Cc1ccc2nc(C(NC(=O)CCc3cnn(C)c3)C(C)C)[nH]c2c1. The molecule has 1 unspecified atom stereocenters. The molecule has 0 spiro atoms. The van der Waals surface area contributed by atoms with Crippen LogP contribution in [0.2, 0.25) is 0 Å². The van der Waals surface area contributed by atoms with Gasteiger partial charge in [0.05, 0.1) is 23.3 Å². The lowest BCUT2D eigenvalue weighted by Crippen LogP contribution is -2.32. The van der Waals surface area contributed by atoms with E-state index in [9.17, 15) is 4.79 Å². The third-order valence-corrected chi connectivity index (χ3v) is 4.33. The van der Waals surface area contributed by atoms with Crippen molar-refractivity contribution in [3.8, 4) is 0 Å². The third kappa shape index (κ3) is 4.07. The lowest BCUT2D eigenvalue weighted by molar-refractivity contribution is -0.122. The van der Waals surface area contributed by atoms with Crippen molar-refractivity contribution < 1.29 is 4.79 Å². The van der Waals surface area contributed by atoms with E-state index in [1.54, 1.807) is 10.9 Å². The van der Waals surface area contributed by atoms with Crippen molar-refractivity contribution in [3.05, 3.63) is 47.5 Å². The number of rotatable bonds is 6. The zero-order chi connectivity index (χ0) is 18.0. The number of H-pyrrole nitrogens is 1. The van der Waals surface area contributed by atoms with Gasteiger partial charge in [-0.25, -0.2) is 4.98 Å². The third-order valence-electron chi connectivity index (χ3n) is 4.33. The topological polar surface area (TPSA) is 75.6 Å². The maximum Gasteiger partial charge on any atom is 0.220 e. The minimum atomic E-state index is -0.130. The van der Waals surface area contributed by atoms with E-state index in [4.69, 9.17) is 0 Å². The minimum absolute atomic E-state index is 0.0270. The van der Waals surface area contributed by atoms with Crippen LogP contribution in [0.1, 0.15) is 43.3 Å². The van der Waals surface area contributed by atoms with Crippen molar-refractivity contribution in [2.24, 2.45) is 13.0 Å². The molecule has 25 heavy (non-hydrogen) atoms. The highest BCUT2D eigenvalue weighted by atomic mass is 16.1. The molecule has 3 aromatic rings. The molecule has 1 atom stereocenters. The number of hydrogen-bond donors (Lipinski definition) is 2. The molecule has 0 aliphatic heterocycles. The highest BCUT2D eigenvalue weighted by Crippen LogP contribution is 2.23. The standard InChI is InChI=1S/C19H25N5O/c1-12(2)18(19-21-15-7-5-13(3)9-16(15)22-19)23-17(25)8-6-14-10-20-24(4)11-14/h5,7,9-12,18H,6,8H2,1-4H3,(H,21,22)(H,23,25). The van der Waals surface area contributed by atoms with Crippen LogP contribution in [0, 0.1) is 12.8 Å². The van der Waals surface area contributed by atoms with Crippen molar-refractivity contribution in [2.75, 3.05) is 0 Å². The Kier molecular flexibility index (Phi) is 4.88. The predicted molar refractivity (Wildman–Crippen MR) is 98.1 cm³/mol. The molecule has 2 aromatic heterocycles. The van der Waals surface area contributed by atoms with Crippen molar-refractivity contribution >= 4 is 16.9 Å². The fourth-order valence-corrected chi connectivity index (χ4v) is 2.95. The number of amides is 1. The van der Waals surface area contributed by atoms with Crippen molar-refractivity contribution in [2.45, 2.75) is 39.7 Å². The number of aryl methyl sites for hydroxylation is 3. The maximum atomic E-state index is 12.4. The minimum Gasteiger partial charge on any atom is -0.346 e. The summed E-state index contributed by atoms with van der Waals surface area (Å²) in [6, 6.07) is 6.00. The van der Waals surface area contributed by atoms with Crippen molar-refractivity contribution in [3.63, 3.8) is 0 Å². The normalized spacial score (nSPS) is 12.7. The number of nitrogens with zero attached hydrogens (tertiary/aromatic N) is 3. The number of nitrogens with one attached hydrogen (secondary N) is 2. The molecular formula is C19H25N5O. The Balaban J connectivity index is 1.70. The number of carbonyl (C=O) groups excluding carboxylic acids is 1. The zero-order valence-corrected chi connectivity index (χ0v) is 15.2. The quantitative estimate of drug-likeness (QED) is 0.725. The zero-order valence-electron chi connectivity index (χ0n) is 15.2. The highest BCUT2D eigenvalue weighted by Gasteiger charge is 2.21. The van der Waals surface area contributed by atoms with Gasteiger partial charge in [0, 0.05) is 19.7 Å². The summed E-state index contributed by atoms with van der Waals surface area (Å²) in [4.78, 5) is 20.4. The van der Waals surface area contributed by atoms with Crippen LogP contribution >= 0.6 is 0 Å². The van der Waals surface area contributed by atoms with Gasteiger partial charge in [-0.05, 0) is 42.5 Å². The summed E-state index contributed by atoms with van der Waals surface area (Å²) >= 11 is 0. The maximum absolute atomic E-state index is 12.4. The summed E-state index contributed by atoms with van der Waals surface area (Å²) in [5, 5.41) is 7.26. The first-order valence-electron chi connectivity index (χ1n) is 8.65. The lowest BCUT2D eigenvalue weighted by Gasteiger charge is -2.20. The van der Waals surface area contributed by atoms with Gasteiger partial charge in [-0.2, -0.15) is 5.10 Å². The van der Waals surface area contributed by atoms with E-state index in [-0.39, 0.29) is 17.9 Å². The first-order chi connectivity index (χ1) is 11.9. The molecule has 0 saturated heterocycles. The van der Waals surface area contributed by atoms with Crippen LogP contribution in [0.15, 0.2) is 30.6 Å². The molecule has 6 heteroatoms. The van der Waals surface area contributed by atoms with Crippen molar-refractivity contribution in [1.29, 1.82) is 0 Å². The van der Waals surface area contributed by atoms with Crippen LogP contribution in [-0.4, -0.2) is 25.7 Å². The van der Waals surface area contributed by atoms with Gasteiger partial charge in [0.15, 0.2) is 0 Å². The fourth-order valence-electron chi connectivity index (χ4n) is 2.95.